The van der Waals surface area contributed by atoms with Crippen molar-refractivity contribution in [1.29, 1.82) is 0 Å². The van der Waals surface area contributed by atoms with Crippen LogP contribution in [0.5, 0.6) is 0 Å². The minimum absolute atomic E-state index is 0.0337. The van der Waals surface area contributed by atoms with Gasteiger partial charge < -0.3 is 15.0 Å². The Morgan fingerprint density at radius 3 is 2.79 bits per heavy atom. The number of unbranched alkanes of at least 4 members (excludes halogenated alkanes) is 1. The molecule has 0 fully saturated rings. The third-order valence-electron chi connectivity index (χ3n) is 4.75. The molecule has 0 bridgehead atoms. The molecule has 0 saturated heterocycles. The van der Waals surface area contributed by atoms with Crippen LogP contribution in [0.4, 0.5) is 5.69 Å². The number of hydrogen-bond acceptors (Lipinski definition) is 3. The molecule has 2 rings (SSSR count). The van der Waals surface area contributed by atoms with Crippen molar-refractivity contribution in [2.45, 2.75) is 53.4 Å². The lowest BCUT2D eigenvalue weighted by Gasteiger charge is -2.06. The lowest BCUT2D eigenvalue weighted by atomic mass is 10.1. The third kappa shape index (κ3) is 6.20. The van der Waals surface area contributed by atoms with Crippen LogP contribution >= 0.6 is 11.9 Å². The fourth-order valence-electron chi connectivity index (χ4n) is 3.09. The normalized spacial score (nSPS) is 12.1. The monoisotopic (exact) mass is 399 g/mol. The molecular formula is C23H33N3OS. The van der Waals surface area contributed by atoms with E-state index in [1.54, 1.807) is 11.9 Å². The third-order valence-corrected chi connectivity index (χ3v) is 5.63. The van der Waals surface area contributed by atoms with E-state index >= 15 is 0 Å². The molecule has 0 radical (unpaired) electrons. The van der Waals surface area contributed by atoms with Crippen LogP contribution in [0.3, 0.4) is 0 Å². The predicted molar refractivity (Wildman–Crippen MR) is 124 cm³/mol. The van der Waals surface area contributed by atoms with Gasteiger partial charge in [0, 0.05) is 28.9 Å². The van der Waals surface area contributed by atoms with E-state index in [2.05, 4.69) is 46.2 Å². The molecule has 0 unspecified atom stereocenters. The maximum atomic E-state index is 12.6. The van der Waals surface area contributed by atoms with Crippen LogP contribution in [0.2, 0.25) is 0 Å². The number of fused-ring (bicyclic) bond motifs is 1. The molecule has 0 saturated carbocycles. The summed E-state index contributed by atoms with van der Waals surface area (Å²) >= 11 is 1.73. The quantitative estimate of drug-likeness (QED) is 0.234. The number of allylic oxidation sites excluding steroid dienone is 4. The van der Waals surface area contributed by atoms with Crippen LogP contribution in [0.15, 0.2) is 42.0 Å². The van der Waals surface area contributed by atoms with Crippen molar-refractivity contribution in [2.75, 3.05) is 17.0 Å². The fourth-order valence-corrected chi connectivity index (χ4v) is 3.92. The van der Waals surface area contributed by atoms with Gasteiger partial charge >= 0.3 is 0 Å². The summed E-state index contributed by atoms with van der Waals surface area (Å²) in [6.07, 6.45) is 10.6. The summed E-state index contributed by atoms with van der Waals surface area (Å²) in [7, 11) is 0. The molecule has 1 aromatic heterocycles. The van der Waals surface area contributed by atoms with Gasteiger partial charge in [-0.1, -0.05) is 49.1 Å². The first-order valence-corrected chi connectivity index (χ1v) is 11.2. The number of aromatic amines is 1. The molecule has 0 aliphatic carbocycles. The van der Waals surface area contributed by atoms with Gasteiger partial charge in [0.05, 0.1) is 0 Å². The van der Waals surface area contributed by atoms with Crippen molar-refractivity contribution in [3.8, 4) is 0 Å². The molecular weight excluding hydrogens is 366 g/mol. The van der Waals surface area contributed by atoms with Crippen LogP contribution in [0.1, 0.15) is 62.5 Å². The van der Waals surface area contributed by atoms with Gasteiger partial charge in [0.25, 0.3) is 5.91 Å². The number of hydrogen-bond donors (Lipinski definition) is 3. The van der Waals surface area contributed by atoms with E-state index in [0.29, 0.717) is 12.2 Å². The molecule has 3 N–H and O–H groups in total. The molecule has 152 valence electrons. The summed E-state index contributed by atoms with van der Waals surface area (Å²) < 4.78 is 3.40. The van der Waals surface area contributed by atoms with Crippen molar-refractivity contribution in [1.82, 2.24) is 10.3 Å². The van der Waals surface area contributed by atoms with Crippen molar-refractivity contribution < 1.29 is 4.79 Å². The lowest BCUT2D eigenvalue weighted by molar-refractivity contribution is 0.0948. The smallest absolute Gasteiger partial charge is 0.268 e. The highest BCUT2D eigenvalue weighted by Gasteiger charge is 2.14. The van der Waals surface area contributed by atoms with Gasteiger partial charge in [0.15, 0.2) is 0 Å². The largest absolute Gasteiger partial charge is 0.351 e. The van der Waals surface area contributed by atoms with Gasteiger partial charge in [-0.25, -0.2) is 0 Å². The van der Waals surface area contributed by atoms with Gasteiger partial charge in [-0.05, 0) is 63.8 Å². The van der Waals surface area contributed by atoms with Crippen molar-refractivity contribution in [3.05, 3.63) is 53.3 Å². The van der Waals surface area contributed by atoms with Crippen molar-refractivity contribution in [3.63, 3.8) is 0 Å². The standard InChI is InChI=1S/C23H33N3OS/c1-5-8-15-28-26-19-12-13-21-20(16-19)17(4)22(25-21)23(27)24-14-9-11-18(7-3)10-6-2/h6-7,10,12-13,16,25-26H,5,8-9,11,14-15H2,1-4H3,(H,24,27)/b10-6-,18-7+. The first-order valence-electron chi connectivity index (χ1n) is 10.2. The Morgan fingerprint density at radius 1 is 1.25 bits per heavy atom. The zero-order valence-electron chi connectivity index (χ0n) is 17.5. The number of carbonyl (C=O) groups is 1. The molecule has 1 aromatic carbocycles. The molecule has 2 aromatic rings. The molecule has 1 amide bonds. The summed E-state index contributed by atoms with van der Waals surface area (Å²) in [6.45, 7) is 8.95. The van der Waals surface area contributed by atoms with Crippen LogP contribution in [-0.2, 0) is 0 Å². The molecule has 0 atom stereocenters. The van der Waals surface area contributed by atoms with Crippen molar-refractivity contribution in [2.24, 2.45) is 0 Å². The summed E-state index contributed by atoms with van der Waals surface area (Å²) in [6, 6.07) is 6.21. The highest BCUT2D eigenvalue weighted by molar-refractivity contribution is 8.00. The summed E-state index contributed by atoms with van der Waals surface area (Å²) in [4.78, 5) is 15.9. The molecule has 4 nitrogen and oxygen atoms in total. The fraction of sp³-hybridized carbons (Fsp3) is 0.435. The van der Waals surface area contributed by atoms with E-state index in [4.69, 9.17) is 0 Å². The number of aryl methyl sites for hydroxylation is 1. The number of amides is 1. The molecule has 1 heterocycles. The molecule has 0 aliphatic heterocycles. The van der Waals surface area contributed by atoms with Gasteiger partial charge in [-0.3, -0.25) is 4.79 Å². The predicted octanol–water partition coefficient (Wildman–Crippen LogP) is 6.37. The maximum absolute atomic E-state index is 12.6. The molecule has 28 heavy (non-hydrogen) atoms. The summed E-state index contributed by atoms with van der Waals surface area (Å²) in [5, 5.41) is 4.14. The molecule has 0 spiro atoms. The zero-order chi connectivity index (χ0) is 20.4. The second-order valence-electron chi connectivity index (χ2n) is 6.91. The summed E-state index contributed by atoms with van der Waals surface area (Å²) in [5.41, 5.74) is 5.03. The van der Waals surface area contributed by atoms with E-state index < -0.39 is 0 Å². The first-order chi connectivity index (χ1) is 13.6. The van der Waals surface area contributed by atoms with Crippen LogP contribution < -0.4 is 10.0 Å². The second kappa shape index (κ2) is 11.6. The van der Waals surface area contributed by atoms with Gasteiger partial charge in [0.2, 0.25) is 0 Å². The second-order valence-corrected chi connectivity index (χ2v) is 7.81. The Kier molecular flexibility index (Phi) is 9.21. The Balaban J connectivity index is 1.96. The highest BCUT2D eigenvalue weighted by Crippen LogP contribution is 2.26. The number of carbonyl (C=O) groups excluding carboxylic acids is 1. The van der Waals surface area contributed by atoms with Gasteiger partial charge in [-0.2, -0.15) is 0 Å². The number of aromatic nitrogens is 1. The molecule has 0 aliphatic rings. The maximum Gasteiger partial charge on any atom is 0.268 e. The van der Waals surface area contributed by atoms with Crippen LogP contribution in [0, 0.1) is 6.92 Å². The average Bonchev–Trinajstić information content (AvgIpc) is 3.03. The van der Waals surface area contributed by atoms with E-state index in [9.17, 15) is 4.79 Å². The Hall–Kier alpha value is -2.14. The first kappa shape index (κ1) is 22.2. The zero-order valence-corrected chi connectivity index (χ0v) is 18.3. The average molecular weight is 400 g/mol. The molecule has 5 heteroatoms. The topological polar surface area (TPSA) is 56.9 Å². The number of benzene rings is 1. The Labute approximate surface area is 173 Å². The van der Waals surface area contributed by atoms with Gasteiger partial charge in [-0.15, -0.1) is 0 Å². The number of anilines is 1. The van der Waals surface area contributed by atoms with Crippen molar-refractivity contribution >= 4 is 34.4 Å². The number of rotatable bonds is 11. The van der Waals surface area contributed by atoms with E-state index in [0.717, 1.165) is 40.7 Å². The van der Waals surface area contributed by atoms with Gasteiger partial charge in [0.1, 0.15) is 5.69 Å². The lowest BCUT2D eigenvalue weighted by Crippen LogP contribution is -2.25. The van der Waals surface area contributed by atoms with E-state index in [-0.39, 0.29) is 5.91 Å². The minimum atomic E-state index is -0.0337. The van der Waals surface area contributed by atoms with Crippen LogP contribution in [-0.4, -0.2) is 23.2 Å². The minimum Gasteiger partial charge on any atom is -0.351 e. The summed E-state index contributed by atoms with van der Waals surface area (Å²) in [5.74, 6) is 1.06. The Bertz CT molecular complexity index is 836. The highest BCUT2D eigenvalue weighted by atomic mass is 32.2. The Morgan fingerprint density at radius 2 is 2.07 bits per heavy atom. The van der Waals surface area contributed by atoms with E-state index in [1.807, 2.05) is 32.9 Å². The number of nitrogens with one attached hydrogen (secondary N) is 3. The van der Waals surface area contributed by atoms with E-state index in [1.165, 1.54) is 18.4 Å². The SMILES string of the molecule is C/C=C\C(=C/C)CCCNC(=O)c1[nH]c2ccc(NSCCCC)cc2c1C. The number of H-pyrrole nitrogens is 1. The van der Waals surface area contributed by atoms with Crippen LogP contribution in [0.25, 0.3) is 10.9 Å².